The van der Waals surface area contributed by atoms with Crippen LogP contribution in [0.2, 0.25) is 0 Å². The van der Waals surface area contributed by atoms with Crippen molar-refractivity contribution in [3.05, 3.63) is 53.7 Å². The molecule has 32 heavy (non-hydrogen) atoms. The predicted octanol–water partition coefficient (Wildman–Crippen LogP) is 4.80. The van der Waals surface area contributed by atoms with E-state index in [2.05, 4.69) is 35.8 Å². The van der Waals surface area contributed by atoms with E-state index >= 15 is 0 Å². The standard InChI is InChI=1S/C24H28N6OS/c1-4-29(5-2)16(3)8-9-21(31)17-13-20(27-23(25)14-17)18-15-26-30-11-10-19(28-24(18)30)22-7-6-12-32-22/h6-7,10-16H,4-5,8-9H2,1-3H3,(H2,25,27)/t16-/m0/s1. The van der Waals surface area contributed by atoms with Crippen LogP contribution >= 0.6 is 11.3 Å². The van der Waals surface area contributed by atoms with E-state index in [0.29, 0.717) is 35.2 Å². The number of hydrogen-bond donors (Lipinski definition) is 1. The van der Waals surface area contributed by atoms with E-state index < -0.39 is 0 Å². The van der Waals surface area contributed by atoms with Gasteiger partial charge in [-0.3, -0.25) is 4.79 Å². The molecule has 166 valence electrons. The highest BCUT2D eigenvalue weighted by Gasteiger charge is 2.17. The molecule has 4 aromatic rings. The summed E-state index contributed by atoms with van der Waals surface area (Å²) < 4.78 is 1.71. The second-order valence-electron chi connectivity index (χ2n) is 7.81. The van der Waals surface area contributed by atoms with Gasteiger partial charge in [0.05, 0.1) is 28.0 Å². The lowest BCUT2D eigenvalue weighted by Crippen LogP contribution is -2.33. The van der Waals surface area contributed by atoms with Crippen LogP contribution in [0, 0.1) is 0 Å². The molecule has 0 aliphatic rings. The van der Waals surface area contributed by atoms with Crippen molar-refractivity contribution in [1.29, 1.82) is 0 Å². The molecule has 4 aromatic heterocycles. The third-order valence-corrected chi connectivity index (χ3v) is 6.70. The van der Waals surface area contributed by atoms with Crippen molar-refractivity contribution in [1.82, 2.24) is 24.5 Å². The molecule has 4 heterocycles. The fourth-order valence-corrected chi connectivity index (χ4v) is 4.67. The van der Waals surface area contributed by atoms with Gasteiger partial charge < -0.3 is 10.6 Å². The monoisotopic (exact) mass is 448 g/mol. The van der Waals surface area contributed by atoms with E-state index in [1.807, 2.05) is 29.8 Å². The maximum absolute atomic E-state index is 13.0. The highest BCUT2D eigenvalue weighted by Crippen LogP contribution is 2.28. The zero-order valence-corrected chi connectivity index (χ0v) is 19.5. The van der Waals surface area contributed by atoms with E-state index in [0.717, 1.165) is 35.6 Å². The first-order valence-electron chi connectivity index (χ1n) is 10.9. The number of ketones is 1. The average Bonchev–Trinajstić information content (AvgIpc) is 3.47. The molecular weight excluding hydrogens is 420 g/mol. The molecule has 2 N–H and O–H groups in total. The summed E-state index contributed by atoms with van der Waals surface area (Å²) in [5.41, 5.74) is 9.58. The third-order valence-electron chi connectivity index (χ3n) is 5.81. The van der Waals surface area contributed by atoms with Gasteiger partial charge in [-0.25, -0.2) is 14.5 Å². The topological polar surface area (TPSA) is 89.4 Å². The largest absolute Gasteiger partial charge is 0.384 e. The molecule has 0 aromatic carbocycles. The van der Waals surface area contributed by atoms with Crippen LogP contribution in [0.5, 0.6) is 0 Å². The number of anilines is 1. The number of carbonyl (C=O) groups excluding carboxylic acids is 1. The van der Waals surface area contributed by atoms with Crippen molar-refractivity contribution < 1.29 is 4.79 Å². The fraction of sp³-hybridized carbons (Fsp3) is 0.333. The first-order chi connectivity index (χ1) is 15.5. The molecule has 1 atom stereocenters. The number of aromatic nitrogens is 4. The van der Waals surface area contributed by atoms with Crippen LogP contribution in [0.15, 0.2) is 48.1 Å². The lowest BCUT2D eigenvalue weighted by molar-refractivity contribution is 0.0964. The van der Waals surface area contributed by atoms with Gasteiger partial charge in [0.1, 0.15) is 5.82 Å². The highest BCUT2D eigenvalue weighted by atomic mass is 32.1. The number of rotatable bonds is 9. The Bertz CT molecular complexity index is 1210. The minimum atomic E-state index is 0.0723. The lowest BCUT2D eigenvalue weighted by atomic mass is 10.0. The number of pyridine rings is 1. The van der Waals surface area contributed by atoms with Crippen molar-refractivity contribution in [2.45, 2.75) is 39.7 Å². The summed E-state index contributed by atoms with van der Waals surface area (Å²) in [5.74, 6) is 0.388. The van der Waals surface area contributed by atoms with E-state index in [4.69, 9.17) is 10.7 Å². The van der Waals surface area contributed by atoms with Gasteiger partial charge in [0.25, 0.3) is 0 Å². The number of nitrogens with two attached hydrogens (primary N) is 1. The Hall–Kier alpha value is -3.10. The van der Waals surface area contributed by atoms with E-state index in [-0.39, 0.29) is 5.78 Å². The van der Waals surface area contributed by atoms with E-state index in [1.54, 1.807) is 34.2 Å². The van der Waals surface area contributed by atoms with Gasteiger partial charge in [0, 0.05) is 24.2 Å². The van der Waals surface area contributed by atoms with Crippen LogP contribution in [0.4, 0.5) is 5.82 Å². The first kappa shape index (κ1) is 22.1. The van der Waals surface area contributed by atoms with Crippen LogP contribution in [0.1, 0.15) is 44.0 Å². The number of Topliss-reactive ketones (excluding diaryl/α,β-unsaturated/α-hetero) is 1. The Morgan fingerprint density at radius 2 is 2.00 bits per heavy atom. The fourth-order valence-electron chi connectivity index (χ4n) is 3.98. The molecule has 0 fully saturated rings. The molecule has 8 heteroatoms. The molecular formula is C24H28N6OS. The quantitative estimate of drug-likeness (QED) is 0.370. The maximum atomic E-state index is 13.0. The van der Waals surface area contributed by atoms with Crippen molar-refractivity contribution in [2.24, 2.45) is 0 Å². The molecule has 7 nitrogen and oxygen atoms in total. The smallest absolute Gasteiger partial charge is 0.165 e. The molecule has 0 saturated heterocycles. The van der Waals surface area contributed by atoms with Gasteiger partial charge in [-0.2, -0.15) is 5.10 Å². The molecule has 0 spiro atoms. The summed E-state index contributed by atoms with van der Waals surface area (Å²) in [5, 5.41) is 6.43. The highest BCUT2D eigenvalue weighted by molar-refractivity contribution is 7.13. The summed E-state index contributed by atoms with van der Waals surface area (Å²) in [4.78, 5) is 25.7. The summed E-state index contributed by atoms with van der Waals surface area (Å²) in [7, 11) is 0. The molecule has 0 aliphatic heterocycles. The number of fused-ring (bicyclic) bond motifs is 1. The summed E-state index contributed by atoms with van der Waals surface area (Å²) in [6.45, 7) is 8.42. The minimum Gasteiger partial charge on any atom is -0.384 e. The minimum absolute atomic E-state index is 0.0723. The molecule has 0 amide bonds. The lowest BCUT2D eigenvalue weighted by Gasteiger charge is -2.26. The first-order valence-corrected chi connectivity index (χ1v) is 11.8. The zero-order chi connectivity index (χ0) is 22.7. The molecule has 0 saturated carbocycles. The van der Waals surface area contributed by atoms with E-state index in [1.165, 1.54) is 0 Å². The SMILES string of the molecule is CCN(CC)[C@@H](C)CCC(=O)c1cc(N)nc(-c2cnn3ccc(-c4cccs4)nc23)c1. The summed E-state index contributed by atoms with van der Waals surface area (Å²) >= 11 is 1.63. The molecule has 4 rings (SSSR count). The van der Waals surface area contributed by atoms with Gasteiger partial charge in [0.2, 0.25) is 0 Å². The Kier molecular flexibility index (Phi) is 6.62. The van der Waals surface area contributed by atoms with Crippen LogP contribution in [-0.4, -0.2) is 49.4 Å². The Morgan fingerprint density at radius 3 is 2.72 bits per heavy atom. The van der Waals surface area contributed by atoms with Gasteiger partial charge >= 0.3 is 0 Å². The maximum Gasteiger partial charge on any atom is 0.165 e. The Balaban J connectivity index is 1.62. The molecule has 0 radical (unpaired) electrons. The van der Waals surface area contributed by atoms with Crippen LogP contribution < -0.4 is 5.73 Å². The normalized spacial score (nSPS) is 12.5. The number of nitrogen functional groups attached to an aromatic ring is 1. The third kappa shape index (κ3) is 4.56. The van der Waals surface area contributed by atoms with Crippen molar-refractivity contribution in [2.75, 3.05) is 18.8 Å². The second-order valence-corrected chi connectivity index (χ2v) is 8.76. The van der Waals surface area contributed by atoms with Crippen molar-refractivity contribution in [3.63, 3.8) is 0 Å². The second kappa shape index (κ2) is 9.58. The Morgan fingerprint density at radius 1 is 1.19 bits per heavy atom. The van der Waals surface area contributed by atoms with Gasteiger partial charge in [-0.15, -0.1) is 11.3 Å². The van der Waals surface area contributed by atoms with Crippen molar-refractivity contribution >= 4 is 28.6 Å². The summed E-state index contributed by atoms with van der Waals surface area (Å²) in [6, 6.07) is 9.79. The predicted molar refractivity (Wildman–Crippen MR) is 130 cm³/mol. The number of hydrogen-bond acceptors (Lipinski definition) is 7. The zero-order valence-electron chi connectivity index (χ0n) is 18.7. The number of carbonyl (C=O) groups is 1. The van der Waals surface area contributed by atoms with Crippen LogP contribution in [0.25, 0.3) is 27.5 Å². The van der Waals surface area contributed by atoms with Crippen LogP contribution in [0.3, 0.4) is 0 Å². The van der Waals surface area contributed by atoms with Crippen molar-refractivity contribution in [3.8, 4) is 21.8 Å². The average molecular weight is 449 g/mol. The number of thiophene rings is 1. The van der Waals surface area contributed by atoms with E-state index in [9.17, 15) is 4.79 Å². The number of nitrogens with zero attached hydrogens (tertiary/aromatic N) is 5. The molecule has 0 aliphatic carbocycles. The molecule has 0 bridgehead atoms. The van der Waals surface area contributed by atoms with Gasteiger partial charge in [0.15, 0.2) is 11.4 Å². The summed E-state index contributed by atoms with van der Waals surface area (Å²) in [6.07, 6.45) is 4.88. The molecule has 0 unspecified atom stereocenters. The van der Waals surface area contributed by atoms with Crippen LogP contribution in [-0.2, 0) is 0 Å². The Labute approximate surface area is 191 Å². The van der Waals surface area contributed by atoms with Gasteiger partial charge in [-0.1, -0.05) is 19.9 Å². The van der Waals surface area contributed by atoms with Gasteiger partial charge in [-0.05, 0) is 56.1 Å².